The lowest BCUT2D eigenvalue weighted by atomic mass is 10.2. The van der Waals surface area contributed by atoms with E-state index in [0.29, 0.717) is 10.6 Å². The third-order valence-electron chi connectivity index (χ3n) is 3.74. The van der Waals surface area contributed by atoms with Gasteiger partial charge in [-0.2, -0.15) is 0 Å². The molecular weight excluding hydrogens is 338 g/mol. The van der Waals surface area contributed by atoms with Crippen molar-refractivity contribution in [2.45, 2.75) is 51.5 Å². The minimum Gasteiger partial charge on any atom is -0.443 e. The van der Waals surface area contributed by atoms with Crippen molar-refractivity contribution in [3.63, 3.8) is 0 Å². The molecule has 0 amide bonds. The summed E-state index contributed by atoms with van der Waals surface area (Å²) in [4.78, 5) is 12.7. The molecule has 25 heavy (non-hydrogen) atoms. The van der Waals surface area contributed by atoms with Gasteiger partial charge in [-0.05, 0) is 58.9 Å². The zero-order chi connectivity index (χ0) is 18.8. The number of benzene rings is 1. The van der Waals surface area contributed by atoms with E-state index >= 15 is 0 Å². The van der Waals surface area contributed by atoms with Crippen LogP contribution in [0.3, 0.4) is 0 Å². The van der Waals surface area contributed by atoms with E-state index in [0.717, 1.165) is 11.3 Å². The summed E-state index contributed by atoms with van der Waals surface area (Å²) in [6.45, 7) is 9.09. The number of sulfone groups is 1. The van der Waals surface area contributed by atoms with Gasteiger partial charge in [0.2, 0.25) is 0 Å². The van der Waals surface area contributed by atoms with Gasteiger partial charge in [-0.1, -0.05) is 17.7 Å². The molecule has 0 saturated carbocycles. The normalized spacial score (nSPS) is 12.2. The molecule has 0 aliphatic carbocycles. The van der Waals surface area contributed by atoms with Crippen molar-refractivity contribution in [2.24, 2.45) is 0 Å². The number of hydrogen-bond acceptors (Lipinski definition) is 4. The Morgan fingerprint density at radius 3 is 2.20 bits per heavy atom. The van der Waals surface area contributed by atoms with Gasteiger partial charge in [0.25, 0.3) is 0 Å². The summed E-state index contributed by atoms with van der Waals surface area (Å²) in [6.07, 6.45) is -0.249. The van der Waals surface area contributed by atoms with E-state index in [1.54, 1.807) is 64.1 Å². The summed E-state index contributed by atoms with van der Waals surface area (Å²) in [5.41, 5.74) is 1.74. The van der Waals surface area contributed by atoms with Crippen LogP contribution in [-0.4, -0.2) is 30.4 Å². The van der Waals surface area contributed by atoms with Gasteiger partial charge in [0.15, 0.2) is 9.84 Å². The van der Waals surface area contributed by atoms with Crippen LogP contribution >= 0.6 is 0 Å². The molecule has 0 bridgehead atoms. The Bertz CT molecular complexity index is 856. The lowest BCUT2D eigenvalue weighted by molar-refractivity contribution is 0.0530. The number of ether oxygens (including phenoxy) is 1. The van der Waals surface area contributed by atoms with Crippen LogP contribution in [0.5, 0.6) is 0 Å². The highest BCUT2D eigenvalue weighted by Crippen LogP contribution is 2.18. The van der Waals surface area contributed by atoms with Gasteiger partial charge < -0.3 is 4.74 Å². The third kappa shape index (κ3) is 4.95. The Balaban J connectivity index is 2.19. The third-order valence-corrected chi connectivity index (χ3v) is 5.47. The van der Waals surface area contributed by atoms with Gasteiger partial charge in [-0.25, -0.2) is 13.2 Å². The average Bonchev–Trinajstić information content (AvgIpc) is 2.85. The molecule has 2 aromatic rings. The fourth-order valence-corrected chi connectivity index (χ4v) is 3.72. The second-order valence-corrected chi connectivity index (χ2v) is 9.27. The predicted octanol–water partition coefficient (Wildman–Crippen LogP) is 3.90. The molecule has 2 rings (SSSR count). The van der Waals surface area contributed by atoms with E-state index in [9.17, 15) is 13.2 Å². The van der Waals surface area contributed by atoms with E-state index in [4.69, 9.17) is 4.74 Å². The number of carbonyl (C=O) groups excluding carboxylic acids is 1. The van der Waals surface area contributed by atoms with Crippen LogP contribution in [0, 0.1) is 13.8 Å². The maximum Gasteiger partial charge on any atom is 0.418 e. The minimum atomic E-state index is -3.41. The van der Waals surface area contributed by atoms with Gasteiger partial charge in [0.1, 0.15) is 5.60 Å². The highest BCUT2D eigenvalue weighted by Gasteiger charge is 2.22. The molecule has 1 heterocycles. The fourth-order valence-electron chi connectivity index (χ4n) is 2.46. The monoisotopic (exact) mass is 363 g/mol. The Morgan fingerprint density at radius 2 is 1.64 bits per heavy atom. The molecule has 0 N–H and O–H groups in total. The molecular formula is C19H25NO4S. The number of rotatable bonds is 4. The number of carbonyl (C=O) groups is 1. The highest BCUT2D eigenvalue weighted by molar-refractivity contribution is 7.91. The number of nitrogens with zero attached hydrogens (tertiary/aromatic N) is 1. The van der Waals surface area contributed by atoms with Crippen LogP contribution in [0.25, 0.3) is 0 Å². The van der Waals surface area contributed by atoms with Crippen LogP contribution in [0.2, 0.25) is 0 Å². The van der Waals surface area contributed by atoms with Crippen molar-refractivity contribution in [3.8, 4) is 0 Å². The standard InChI is InChI=1S/C19H25NO4S/c1-14-6-10-17(11-7-14)25(22,23)13-12-16-9-8-15(2)20(16)18(21)24-19(3,4)5/h6-11H,12-13H2,1-5H3. The fraction of sp³-hybridized carbons (Fsp3) is 0.421. The average molecular weight is 363 g/mol. The van der Waals surface area contributed by atoms with E-state index in [1.165, 1.54) is 4.57 Å². The molecule has 0 unspecified atom stereocenters. The largest absolute Gasteiger partial charge is 0.443 e. The van der Waals surface area contributed by atoms with Gasteiger partial charge >= 0.3 is 6.09 Å². The minimum absolute atomic E-state index is 0.0672. The number of hydrogen-bond donors (Lipinski definition) is 0. The molecule has 0 saturated heterocycles. The van der Waals surface area contributed by atoms with Crippen LogP contribution < -0.4 is 0 Å². The molecule has 1 aromatic heterocycles. The zero-order valence-corrected chi connectivity index (χ0v) is 16.2. The van der Waals surface area contributed by atoms with E-state index in [-0.39, 0.29) is 12.2 Å². The van der Waals surface area contributed by atoms with Crippen molar-refractivity contribution in [3.05, 3.63) is 53.3 Å². The molecule has 6 heteroatoms. The molecule has 0 fully saturated rings. The molecule has 0 radical (unpaired) electrons. The number of aromatic nitrogens is 1. The lowest BCUT2D eigenvalue weighted by Gasteiger charge is -2.21. The van der Waals surface area contributed by atoms with Gasteiger partial charge in [-0.15, -0.1) is 0 Å². The van der Waals surface area contributed by atoms with Crippen molar-refractivity contribution < 1.29 is 17.9 Å². The summed E-state index contributed by atoms with van der Waals surface area (Å²) < 4.78 is 31.9. The Hall–Kier alpha value is -2.08. The quantitative estimate of drug-likeness (QED) is 0.826. The van der Waals surface area contributed by atoms with Crippen LogP contribution in [-0.2, 0) is 21.0 Å². The van der Waals surface area contributed by atoms with Gasteiger partial charge in [0, 0.05) is 17.8 Å². The first-order valence-corrected chi connectivity index (χ1v) is 9.85. The Kier molecular flexibility index (Phi) is 5.42. The summed E-state index contributed by atoms with van der Waals surface area (Å²) in [5.74, 6) is -0.0672. The van der Waals surface area contributed by atoms with Crippen LogP contribution in [0.1, 0.15) is 37.7 Å². The zero-order valence-electron chi connectivity index (χ0n) is 15.4. The molecule has 0 spiro atoms. The highest BCUT2D eigenvalue weighted by atomic mass is 32.2. The van der Waals surface area contributed by atoms with Gasteiger partial charge in [-0.3, -0.25) is 4.57 Å². The van der Waals surface area contributed by atoms with Crippen LogP contribution in [0.4, 0.5) is 4.79 Å². The second kappa shape index (κ2) is 7.04. The molecule has 0 atom stereocenters. The first-order chi connectivity index (χ1) is 11.5. The topological polar surface area (TPSA) is 65.4 Å². The van der Waals surface area contributed by atoms with Crippen molar-refractivity contribution in [1.29, 1.82) is 0 Å². The van der Waals surface area contributed by atoms with E-state index in [2.05, 4.69) is 0 Å². The molecule has 0 aliphatic rings. The maximum atomic E-state index is 12.5. The molecule has 1 aromatic carbocycles. The number of aryl methyl sites for hydroxylation is 3. The molecule has 5 nitrogen and oxygen atoms in total. The first kappa shape index (κ1) is 19.2. The SMILES string of the molecule is Cc1ccc(S(=O)(=O)CCc2ccc(C)n2C(=O)OC(C)(C)C)cc1. The summed E-state index contributed by atoms with van der Waals surface area (Å²) >= 11 is 0. The van der Waals surface area contributed by atoms with Gasteiger partial charge in [0.05, 0.1) is 10.6 Å². The van der Waals surface area contributed by atoms with E-state index < -0.39 is 21.5 Å². The predicted molar refractivity (Wildman–Crippen MR) is 97.7 cm³/mol. The summed E-state index contributed by atoms with van der Waals surface area (Å²) in [7, 11) is -3.41. The van der Waals surface area contributed by atoms with Crippen LogP contribution in [0.15, 0.2) is 41.3 Å². The smallest absolute Gasteiger partial charge is 0.418 e. The Morgan fingerprint density at radius 1 is 1.04 bits per heavy atom. The second-order valence-electron chi connectivity index (χ2n) is 7.16. The van der Waals surface area contributed by atoms with Crippen molar-refractivity contribution in [1.82, 2.24) is 4.57 Å². The van der Waals surface area contributed by atoms with Crippen molar-refractivity contribution in [2.75, 3.05) is 5.75 Å². The summed E-state index contributed by atoms with van der Waals surface area (Å²) in [5, 5.41) is 0. The Labute approximate surface area is 149 Å². The van der Waals surface area contributed by atoms with Crippen molar-refractivity contribution >= 4 is 15.9 Å². The first-order valence-electron chi connectivity index (χ1n) is 8.19. The summed E-state index contributed by atoms with van der Waals surface area (Å²) in [6, 6.07) is 10.3. The maximum absolute atomic E-state index is 12.5. The molecule has 0 aliphatic heterocycles. The van der Waals surface area contributed by atoms with E-state index in [1.807, 2.05) is 6.92 Å². The molecule has 136 valence electrons. The lowest BCUT2D eigenvalue weighted by Crippen LogP contribution is -2.29.